The van der Waals surface area contributed by atoms with Crippen LogP contribution in [0, 0.1) is 16.0 Å². The molecule has 0 atom stereocenters. The molecule has 1 saturated heterocycles. The molecular weight excluding hydrogens is 506 g/mol. The lowest BCUT2D eigenvalue weighted by molar-refractivity contribution is -0.384. The Balaban J connectivity index is 1.30. The second-order valence-electron chi connectivity index (χ2n) is 9.36. The summed E-state index contributed by atoms with van der Waals surface area (Å²) in [5, 5.41) is 16.9. The highest BCUT2D eigenvalue weighted by molar-refractivity contribution is 7.80. The number of hydrogen-bond donors (Lipinski definition) is 2. The van der Waals surface area contributed by atoms with Gasteiger partial charge in [0.25, 0.3) is 11.6 Å². The molecule has 2 aromatic carbocycles. The molecule has 2 amide bonds. The average Bonchev–Trinajstić information content (AvgIpc) is 3.39. The van der Waals surface area contributed by atoms with E-state index in [4.69, 9.17) is 16.6 Å². The van der Waals surface area contributed by atoms with Crippen molar-refractivity contribution in [3.8, 4) is 11.3 Å². The van der Waals surface area contributed by atoms with Gasteiger partial charge in [0.2, 0.25) is 5.91 Å². The van der Waals surface area contributed by atoms with Gasteiger partial charge in [-0.05, 0) is 60.6 Å². The van der Waals surface area contributed by atoms with Gasteiger partial charge in [-0.15, -0.1) is 0 Å². The van der Waals surface area contributed by atoms with Gasteiger partial charge in [0, 0.05) is 50.0 Å². The van der Waals surface area contributed by atoms with Crippen LogP contribution in [0.15, 0.2) is 65.1 Å². The van der Waals surface area contributed by atoms with Crippen molar-refractivity contribution in [3.63, 3.8) is 0 Å². The van der Waals surface area contributed by atoms with Crippen molar-refractivity contribution in [1.82, 2.24) is 10.2 Å². The van der Waals surface area contributed by atoms with Gasteiger partial charge < -0.3 is 19.5 Å². The van der Waals surface area contributed by atoms with Gasteiger partial charge in [0.1, 0.15) is 5.76 Å². The molecule has 0 radical (unpaired) electrons. The number of thiocarbonyl (C=S) groups is 1. The topological polar surface area (TPSA) is 121 Å². The first-order valence-corrected chi connectivity index (χ1v) is 12.7. The highest BCUT2D eigenvalue weighted by Crippen LogP contribution is 2.30. The third-order valence-electron chi connectivity index (χ3n) is 6.13. The molecule has 11 heteroatoms. The predicted octanol–water partition coefficient (Wildman–Crippen LogP) is 4.68. The van der Waals surface area contributed by atoms with Crippen LogP contribution in [0.2, 0.25) is 0 Å². The minimum Gasteiger partial charge on any atom is -0.451 e. The molecule has 0 spiro atoms. The van der Waals surface area contributed by atoms with Crippen molar-refractivity contribution in [2.75, 3.05) is 36.4 Å². The van der Waals surface area contributed by atoms with E-state index in [0.717, 1.165) is 18.8 Å². The van der Waals surface area contributed by atoms with Crippen LogP contribution in [0.5, 0.6) is 0 Å². The number of carbonyl (C=O) groups excluding carboxylic acids is 2. The minimum atomic E-state index is -0.575. The van der Waals surface area contributed by atoms with E-state index in [9.17, 15) is 19.7 Å². The molecule has 1 aliphatic rings. The quantitative estimate of drug-likeness (QED) is 0.254. The number of benzene rings is 2. The largest absolute Gasteiger partial charge is 0.451 e. The number of furan rings is 1. The predicted molar refractivity (Wildman–Crippen MR) is 149 cm³/mol. The van der Waals surface area contributed by atoms with Crippen LogP contribution in [0.1, 0.15) is 30.8 Å². The standard InChI is InChI=1S/C27H29N5O5S/c1-18(2)17-25(33)31-15-13-30(14-16-31)20-9-7-19(8-10-20)28-27(38)29-26(34)24-12-11-23(37-24)21-5-3-4-6-22(21)32(35)36/h3-12,18H,13-17H2,1-2H3,(H2,28,29,34,38). The first-order valence-electron chi connectivity index (χ1n) is 12.3. The number of hydrogen-bond acceptors (Lipinski definition) is 7. The minimum absolute atomic E-state index is 0.0244. The van der Waals surface area contributed by atoms with Crippen LogP contribution in [0.4, 0.5) is 17.1 Å². The number of nitro groups is 1. The lowest BCUT2D eigenvalue weighted by atomic mass is 10.1. The smallest absolute Gasteiger partial charge is 0.293 e. The fourth-order valence-electron chi connectivity index (χ4n) is 4.22. The number of piperazine rings is 1. The van der Waals surface area contributed by atoms with Gasteiger partial charge in [-0.1, -0.05) is 26.0 Å². The summed E-state index contributed by atoms with van der Waals surface area (Å²) >= 11 is 5.27. The molecule has 0 unspecified atom stereocenters. The zero-order valence-corrected chi connectivity index (χ0v) is 22.0. The summed E-state index contributed by atoms with van der Waals surface area (Å²) < 4.78 is 5.56. The van der Waals surface area contributed by atoms with Crippen LogP contribution in [0.3, 0.4) is 0 Å². The summed E-state index contributed by atoms with van der Waals surface area (Å²) in [6.45, 7) is 7.04. The molecule has 38 heavy (non-hydrogen) atoms. The molecule has 0 bridgehead atoms. The van der Waals surface area contributed by atoms with Gasteiger partial charge in [-0.2, -0.15) is 0 Å². The van der Waals surface area contributed by atoms with E-state index in [1.54, 1.807) is 18.2 Å². The maximum atomic E-state index is 12.6. The second kappa shape index (κ2) is 11.9. The lowest BCUT2D eigenvalue weighted by Gasteiger charge is -2.36. The normalized spacial score (nSPS) is 13.3. The first kappa shape index (κ1) is 26.8. The lowest BCUT2D eigenvalue weighted by Crippen LogP contribution is -2.49. The van der Waals surface area contributed by atoms with Crippen molar-refractivity contribution in [1.29, 1.82) is 0 Å². The van der Waals surface area contributed by atoms with Crippen molar-refractivity contribution in [3.05, 3.63) is 76.5 Å². The molecule has 1 fully saturated rings. The number of rotatable bonds is 7. The van der Waals surface area contributed by atoms with E-state index in [-0.39, 0.29) is 33.8 Å². The van der Waals surface area contributed by atoms with Crippen molar-refractivity contribution >= 4 is 46.2 Å². The van der Waals surface area contributed by atoms with Crippen molar-refractivity contribution in [2.24, 2.45) is 5.92 Å². The number of carbonyl (C=O) groups is 2. The monoisotopic (exact) mass is 535 g/mol. The number of nitrogens with one attached hydrogen (secondary N) is 2. The molecule has 3 aromatic rings. The molecule has 2 N–H and O–H groups in total. The Hall–Kier alpha value is -4.25. The molecule has 0 saturated carbocycles. The molecule has 10 nitrogen and oxygen atoms in total. The number of para-hydroxylation sites is 1. The zero-order chi connectivity index (χ0) is 27.2. The highest BCUT2D eigenvalue weighted by atomic mass is 32.1. The Morgan fingerprint density at radius 2 is 1.71 bits per heavy atom. The molecule has 0 aliphatic carbocycles. The fraction of sp³-hybridized carbons (Fsp3) is 0.296. The SMILES string of the molecule is CC(C)CC(=O)N1CCN(c2ccc(NC(=S)NC(=O)c3ccc(-c4ccccc4[N+](=O)[O-])o3)cc2)CC1. The van der Waals surface area contributed by atoms with Crippen molar-refractivity contribution < 1.29 is 18.9 Å². The van der Waals surface area contributed by atoms with Crippen molar-refractivity contribution in [2.45, 2.75) is 20.3 Å². The Labute approximate surface area is 225 Å². The summed E-state index contributed by atoms with van der Waals surface area (Å²) in [6, 6.07) is 16.7. The molecule has 1 aromatic heterocycles. The van der Waals surface area contributed by atoms with Gasteiger partial charge in [-0.25, -0.2) is 0 Å². The Kier molecular flexibility index (Phi) is 8.37. The maximum absolute atomic E-state index is 12.6. The number of amides is 2. The van der Waals surface area contributed by atoms with E-state index in [1.165, 1.54) is 18.2 Å². The Morgan fingerprint density at radius 3 is 2.37 bits per heavy atom. The summed E-state index contributed by atoms with van der Waals surface area (Å²) in [5.74, 6) is 0.174. The van der Waals surface area contributed by atoms with E-state index < -0.39 is 10.8 Å². The number of nitro benzene ring substituents is 1. The van der Waals surface area contributed by atoms with Crippen LogP contribution >= 0.6 is 12.2 Å². The van der Waals surface area contributed by atoms with Gasteiger partial charge >= 0.3 is 0 Å². The molecule has 1 aliphatic heterocycles. The van der Waals surface area contributed by atoms with E-state index in [1.807, 2.05) is 29.2 Å². The van der Waals surface area contributed by atoms with Crippen LogP contribution in [-0.2, 0) is 4.79 Å². The highest BCUT2D eigenvalue weighted by Gasteiger charge is 2.22. The van der Waals surface area contributed by atoms with Gasteiger partial charge in [0.15, 0.2) is 10.9 Å². The van der Waals surface area contributed by atoms with E-state index in [0.29, 0.717) is 31.1 Å². The average molecular weight is 536 g/mol. The van der Waals surface area contributed by atoms with Crippen LogP contribution in [0.25, 0.3) is 11.3 Å². The number of anilines is 2. The Morgan fingerprint density at radius 1 is 1.03 bits per heavy atom. The van der Waals surface area contributed by atoms with Gasteiger partial charge in [0.05, 0.1) is 10.5 Å². The maximum Gasteiger partial charge on any atom is 0.293 e. The summed E-state index contributed by atoms with van der Waals surface area (Å²) in [5.41, 5.74) is 1.90. The third kappa shape index (κ3) is 6.54. The summed E-state index contributed by atoms with van der Waals surface area (Å²) in [4.78, 5) is 39.8. The zero-order valence-electron chi connectivity index (χ0n) is 21.2. The molecule has 198 valence electrons. The summed E-state index contributed by atoms with van der Waals surface area (Å²) in [7, 11) is 0. The first-order chi connectivity index (χ1) is 18.2. The third-order valence-corrected chi connectivity index (χ3v) is 6.33. The van der Waals surface area contributed by atoms with E-state index in [2.05, 4.69) is 29.4 Å². The second-order valence-corrected chi connectivity index (χ2v) is 9.77. The van der Waals surface area contributed by atoms with Crippen LogP contribution < -0.4 is 15.5 Å². The molecule has 2 heterocycles. The molecule has 4 rings (SSSR count). The van der Waals surface area contributed by atoms with E-state index >= 15 is 0 Å². The number of nitrogens with zero attached hydrogens (tertiary/aromatic N) is 3. The van der Waals surface area contributed by atoms with Crippen LogP contribution in [-0.4, -0.2) is 52.9 Å². The van der Waals surface area contributed by atoms with Gasteiger partial charge in [-0.3, -0.25) is 25.0 Å². The Bertz CT molecular complexity index is 1330. The fourth-order valence-corrected chi connectivity index (χ4v) is 4.43. The summed E-state index contributed by atoms with van der Waals surface area (Å²) in [6.07, 6.45) is 0.577. The molecular formula is C27H29N5O5S.